The molecule has 3 nitrogen and oxygen atoms in total. The first-order valence-corrected chi connectivity index (χ1v) is 3.93. The van der Waals surface area contributed by atoms with E-state index in [2.05, 4.69) is 4.74 Å². The Morgan fingerprint density at radius 2 is 1.92 bits per heavy atom. The highest BCUT2D eigenvalue weighted by molar-refractivity contribution is 5.87. The van der Waals surface area contributed by atoms with E-state index in [0.29, 0.717) is 5.57 Å². The number of allylic oxidation sites excluding steroid dienone is 1. The molecular weight excluding hydrogens is 190 g/mol. The van der Waals surface area contributed by atoms with Crippen LogP contribution in [0.4, 0.5) is 0 Å². The molecule has 0 spiro atoms. The maximum Gasteiger partial charge on any atom is 0.334 e. The quantitative estimate of drug-likeness (QED) is 0.427. The second-order valence-electron chi connectivity index (χ2n) is 3.79. The molecule has 0 atom stereocenters. The van der Waals surface area contributed by atoms with E-state index in [-0.39, 0.29) is 30.5 Å². The Balaban J connectivity index is 0. The molecule has 4 heteroatoms. The van der Waals surface area contributed by atoms with Crippen LogP contribution >= 0.6 is 12.4 Å². The van der Waals surface area contributed by atoms with E-state index in [1.807, 2.05) is 26.8 Å². The van der Waals surface area contributed by atoms with Crippen molar-refractivity contribution in [3.05, 3.63) is 11.6 Å². The van der Waals surface area contributed by atoms with E-state index in [1.54, 1.807) is 6.92 Å². The number of halogens is 1. The van der Waals surface area contributed by atoms with Crippen LogP contribution in [0, 0.1) is 5.41 Å². The van der Waals surface area contributed by atoms with Gasteiger partial charge in [-0.15, -0.1) is 12.4 Å². The van der Waals surface area contributed by atoms with Crippen LogP contribution in [-0.2, 0) is 9.53 Å². The summed E-state index contributed by atoms with van der Waals surface area (Å²) in [5, 5.41) is 0. The predicted molar refractivity (Wildman–Crippen MR) is 55.6 cm³/mol. The fraction of sp³-hybridized carbons (Fsp3) is 0.667. The standard InChI is InChI=1S/C9H17NO2.ClH/c1-7(5-9(2,3)4)8(11)12-6-10;/h5H,6,10H2,1-4H3;1H. The van der Waals surface area contributed by atoms with Gasteiger partial charge in [0.2, 0.25) is 0 Å². The number of rotatable bonds is 2. The van der Waals surface area contributed by atoms with Crippen molar-refractivity contribution in [1.82, 2.24) is 0 Å². The maximum atomic E-state index is 11.1. The van der Waals surface area contributed by atoms with Gasteiger partial charge in [0.1, 0.15) is 6.73 Å². The van der Waals surface area contributed by atoms with Crippen LogP contribution in [-0.4, -0.2) is 12.7 Å². The fourth-order valence-electron chi connectivity index (χ4n) is 0.898. The summed E-state index contributed by atoms with van der Waals surface area (Å²) in [7, 11) is 0. The average molecular weight is 208 g/mol. The van der Waals surface area contributed by atoms with E-state index in [4.69, 9.17) is 5.73 Å². The number of esters is 1. The van der Waals surface area contributed by atoms with Gasteiger partial charge < -0.3 is 4.74 Å². The minimum absolute atomic E-state index is 0. The lowest BCUT2D eigenvalue weighted by Crippen LogP contribution is -2.14. The van der Waals surface area contributed by atoms with E-state index in [0.717, 1.165) is 0 Å². The number of hydrogen-bond donors (Lipinski definition) is 1. The summed E-state index contributed by atoms with van der Waals surface area (Å²) >= 11 is 0. The van der Waals surface area contributed by atoms with Gasteiger partial charge in [-0.1, -0.05) is 26.8 Å². The highest BCUT2D eigenvalue weighted by Crippen LogP contribution is 2.17. The Labute approximate surface area is 85.7 Å². The van der Waals surface area contributed by atoms with Crippen LogP contribution in [0.2, 0.25) is 0 Å². The summed E-state index contributed by atoms with van der Waals surface area (Å²) in [4.78, 5) is 11.1. The Morgan fingerprint density at radius 3 is 2.23 bits per heavy atom. The minimum atomic E-state index is -0.340. The largest absolute Gasteiger partial charge is 0.447 e. The third-order valence-electron chi connectivity index (χ3n) is 1.19. The molecule has 0 heterocycles. The number of nitrogens with two attached hydrogens (primary N) is 1. The molecule has 0 unspecified atom stereocenters. The van der Waals surface area contributed by atoms with Crippen molar-refractivity contribution in [3.8, 4) is 0 Å². The summed E-state index contributed by atoms with van der Waals surface area (Å²) in [6.45, 7) is 7.72. The minimum Gasteiger partial charge on any atom is -0.447 e. The maximum absolute atomic E-state index is 11.1. The van der Waals surface area contributed by atoms with Gasteiger partial charge in [-0.25, -0.2) is 4.79 Å². The zero-order chi connectivity index (χ0) is 9.78. The average Bonchev–Trinajstić information content (AvgIpc) is 1.84. The molecule has 0 fully saturated rings. The van der Waals surface area contributed by atoms with Crippen molar-refractivity contribution < 1.29 is 9.53 Å². The SMILES string of the molecule is CC(=CC(C)(C)C)C(=O)OCN.Cl. The Hall–Kier alpha value is -0.540. The van der Waals surface area contributed by atoms with E-state index in [1.165, 1.54) is 0 Å². The molecule has 0 aliphatic carbocycles. The van der Waals surface area contributed by atoms with E-state index in [9.17, 15) is 4.79 Å². The molecule has 0 aromatic heterocycles. The molecule has 0 saturated carbocycles. The Kier molecular flexibility index (Phi) is 6.90. The van der Waals surface area contributed by atoms with Crippen LogP contribution < -0.4 is 5.73 Å². The summed E-state index contributed by atoms with van der Waals surface area (Å²) < 4.78 is 4.62. The molecular formula is C9H18ClNO2. The number of carbonyl (C=O) groups excluding carboxylic acids is 1. The van der Waals surface area contributed by atoms with Crippen LogP contribution in [0.15, 0.2) is 11.6 Å². The van der Waals surface area contributed by atoms with Crippen molar-refractivity contribution in [3.63, 3.8) is 0 Å². The van der Waals surface area contributed by atoms with Gasteiger partial charge in [0.05, 0.1) is 0 Å². The zero-order valence-electron chi connectivity index (χ0n) is 8.59. The van der Waals surface area contributed by atoms with Crippen LogP contribution in [0.3, 0.4) is 0 Å². The summed E-state index contributed by atoms with van der Waals surface area (Å²) in [6, 6.07) is 0. The van der Waals surface area contributed by atoms with Crippen LogP contribution in [0.5, 0.6) is 0 Å². The van der Waals surface area contributed by atoms with E-state index >= 15 is 0 Å². The van der Waals surface area contributed by atoms with Crippen LogP contribution in [0.1, 0.15) is 27.7 Å². The van der Waals surface area contributed by atoms with Crippen LogP contribution in [0.25, 0.3) is 0 Å². The molecule has 2 N–H and O–H groups in total. The zero-order valence-corrected chi connectivity index (χ0v) is 9.40. The molecule has 13 heavy (non-hydrogen) atoms. The molecule has 0 aromatic carbocycles. The molecule has 78 valence electrons. The van der Waals surface area contributed by atoms with Gasteiger partial charge in [0.25, 0.3) is 0 Å². The molecule has 0 aliphatic rings. The molecule has 0 aliphatic heterocycles. The molecule has 0 bridgehead atoms. The van der Waals surface area contributed by atoms with Crippen molar-refractivity contribution in [1.29, 1.82) is 0 Å². The lowest BCUT2D eigenvalue weighted by molar-refractivity contribution is -0.138. The number of carbonyl (C=O) groups is 1. The molecule has 0 radical (unpaired) electrons. The predicted octanol–water partition coefficient (Wildman–Crippen LogP) is 1.86. The molecule has 0 saturated heterocycles. The molecule has 0 aromatic rings. The van der Waals surface area contributed by atoms with Crippen molar-refractivity contribution in [2.45, 2.75) is 27.7 Å². The highest BCUT2D eigenvalue weighted by atomic mass is 35.5. The summed E-state index contributed by atoms with van der Waals surface area (Å²) in [6.07, 6.45) is 1.87. The third kappa shape index (κ3) is 7.81. The van der Waals surface area contributed by atoms with Crippen molar-refractivity contribution in [2.75, 3.05) is 6.73 Å². The second-order valence-corrected chi connectivity index (χ2v) is 3.79. The monoisotopic (exact) mass is 207 g/mol. The Morgan fingerprint density at radius 1 is 1.46 bits per heavy atom. The van der Waals surface area contributed by atoms with Gasteiger partial charge in [-0.2, -0.15) is 0 Å². The second kappa shape index (κ2) is 6.00. The van der Waals surface area contributed by atoms with Gasteiger partial charge in [0, 0.05) is 5.57 Å². The highest BCUT2D eigenvalue weighted by Gasteiger charge is 2.11. The van der Waals surface area contributed by atoms with Gasteiger partial charge in [0.15, 0.2) is 0 Å². The van der Waals surface area contributed by atoms with Crippen molar-refractivity contribution in [2.24, 2.45) is 11.1 Å². The first-order valence-electron chi connectivity index (χ1n) is 3.93. The molecule has 0 amide bonds. The number of ether oxygens (including phenoxy) is 1. The lowest BCUT2D eigenvalue weighted by atomic mass is 9.94. The fourth-order valence-corrected chi connectivity index (χ4v) is 0.898. The summed E-state index contributed by atoms with van der Waals surface area (Å²) in [5.41, 5.74) is 5.66. The topological polar surface area (TPSA) is 52.3 Å². The first kappa shape index (κ1) is 15.0. The lowest BCUT2D eigenvalue weighted by Gasteiger charge is -2.13. The van der Waals surface area contributed by atoms with Gasteiger partial charge in [-0.05, 0) is 12.3 Å². The summed E-state index contributed by atoms with van der Waals surface area (Å²) in [5.74, 6) is -0.340. The Bertz CT molecular complexity index is 194. The smallest absolute Gasteiger partial charge is 0.334 e. The first-order chi connectivity index (χ1) is 5.37. The van der Waals surface area contributed by atoms with Crippen molar-refractivity contribution >= 4 is 18.4 Å². The third-order valence-corrected chi connectivity index (χ3v) is 1.19. The normalized spacial score (nSPS) is 11.9. The van der Waals surface area contributed by atoms with Gasteiger partial charge in [-0.3, -0.25) is 5.73 Å². The van der Waals surface area contributed by atoms with E-state index < -0.39 is 0 Å². The van der Waals surface area contributed by atoms with Gasteiger partial charge >= 0.3 is 5.97 Å². The molecule has 0 rings (SSSR count). The number of hydrogen-bond acceptors (Lipinski definition) is 3.